The number of nitrogens with one attached hydrogen (secondary N) is 1. The van der Waals surface area contributed by atoms with Crippen molar-refractivity contribution in [2.75, 3.05) is 27.4 Å². The molecule has 0 fully saturated rings. The van der Waals surface area contributed by atoms with E-state index in [-0.39, 0.29) is 5.60 Å². The van der Waals surface area contributed by atoms with Gasteiger partial charge >= 0.3 is 0 Å². The Bertz CT molecular complexity index is 337. The van der Waals surface area contributed by atoms with Crippen molar-refractivity contribution in [2.45, 2.75) is 39.0 Å². The Morgan fingerprint density at radius 2 is 2.17 bits per heavy atom. The molecule has 0 radical (unpaired) electrons. The molecule has 0 bridgehead atoms. The molecule has 0 unspecified atom stereocenters. The third-order valence-electron chi connectivity index (χ3n) is 2.99. The summed E-state index contributed by atoms with van der Waals surface area (Å²) in [4.78, 5) is 0. The summed E-state index contributed by atoms with van der Waals surface area (Å²) in [5.74, 6) is 0. The minimum Gasteiger partial charge on any atom is -0.383 e. The molecule has 1 heterocycles. The van der Waals surface area contributed by atoms with Crippen molar-refractivity contribution >= 4 is 0 Å². The standard InChI is InChI=1S/C13H25N3O2/c1-13(2,18-4)5-7-16-11-12(10-15-16)9-14-6-8-17-3/h10-11,14H,5-9H2,1-4H3. The summed E-state index contributed by atoms with van der Waals surface area (Å²) in [6.45, 7) is 7.47. The second kappa shape index (κ2) is 7.51. The van der Waals surface area contributed by atoms with Gasteiger partial charge in [0, 0.05) is 45.6 Å². The lowest BCUT2D eigenvalue weighted by atomic mass is 10.1. The van der Waals surface area contributed by atoms with Gasteiger partial charge in [0.15, 0.2) is 0 Å². The first-order valence-corrected chi connectivity index (χ1v) is 6.33. The molecule has 18 heavy (non-hydrogen) atoms. The summed E-state index contributed by atoms with van der Waals surface area (Å²) in [5, 5.41) is 7.64. The minimum atomic E-state index is -0.0944. The van der Waals surface area contributed by atoms with Gasteiger partial charge in [0.2, 0.25) is 0 Å². The minimum absolute atomic E-state index is 0.0944. The summed E-state index contributed by atoms with van der Waals surface area (Å²) >= 11 is 0. The monoisotopic (exact) mass is 255 g/mol. The molecular weight excluding hydrogens is 230 g/mol. The number of hydrogen-bond donors (Lipinski definition) is 1. The first kappa shape index (κ1) is 15.1. The van der Waals surface area contributed by atoms with Crippen LogP contribution in [0.3, 0.4) is 0 Å². The molecule has 0 aromatic carbocycles. The van der Waals surface area contributed by atoms with Crippen LogP contribution in [0, 0.1) is 0 Å². The van der Waals surface area contributed by atoms with E-state index in [0.717, 1.165) is 32.7 Å². The van der Waals surface area contributed by atoms with Gasteiger partial charge in [-0.1, -0.05) is 0 Å². The Morgan fingerprint density at radius 1 is 1.39 bits per heavy atom. The van der Waals surface area contributed by atoms with E-state index in [9.17, 15) is 0 Å². The van der Waals surface area contributed by atoms with Crippen LogP contribution in [0.2, 0.25) is 0 Å². The Kier molecular flexibility index (Phi) is 6.32. The van der Waals surface area contributed by atoms with E-state index in [4.69, 9.17) is 9.47 Å². The molecular formula is C13H25N3O2. The third-order valence-corrected chi connectivity index (χ3v) is 2.99. The van der Waals surface area contributed by atoms with E-state index < -0.39 is 0 Å². The average molecular weight is 255 g/mol. The van der Waals surface area contributed by atoms with Crippen molar-refractivity contribution in [3.8, 4) is 0 Å². The molecule has 1 rings (SSSR count). The summed E-state index contributed by atoms with van der Waals surface area (Å²) in [7, 11) is 3.45. The normalized spacial score (nSPS) is 12.0. The number of nitrogens with zero attached hydrogens (tertiary/aromatic N) is 2. The zero-order valence-corrected chi connectivity index (χ0v) is 11.9. The van der Waals surface area contributed by atoms with Gasteiger partial charge in [0.25, 0.3) is 0 Å². The predicted octanol–water partition coefficient (Wildman–Crippen LogP) is 1.43. The molecule has 0 atom stereocenters. The molecule has 0 aliphatic rings. The molecule has 104 valence electrons. The maximum atomic E-state index is 5.39. The van der Waals surface area contributed by atoms with E-state index in [1.54, 1.807) is 14.2 Å². The quantitative estimate of drug-likeness (QED) is 0.678. The van der Waals surface area contributed by atoms with E-state index in [0.29, 0.717) is 0 Å². The van der Waals surface area contributed by atoms with Crippen molar-refractivity contribution in [1.29, 1.82) is 0 Å². The first-order valence-electron chi connectivity index (χ1n) is 6.33. The molecule has 1 N–H and O–H groups in total. The SMILES string of the molecule is COCCNCc1cnn(CCC(C)(C)OC)c1. The third kappa shape index (κ3) is 5.62. The molecule has 0 aliphatic carbocycles. The maximum Gasteiger partial charge on any atom is 0.0640 e. The van der Waals surface area contributed by atoms with Crippen molar-refractivity contribution in [3.05, 3.63) is 18.0 Å². The Labute approximate surface area is 109 Å². The zero-order chi connectivity index (χ0) is 13.4. The smallest absolute Gasteiger partial charge is 0.0640 e. The van der Waals surface area contributed by atoms with Gasteiger partial charge in [0.05, 0.1) is 18.4 Å². The fraction of sp³-hybridized carbons (Fsp3) is 0.769. The predicted molar refractivity (Wildman–Crippen MR) is 71.5 cm³/mol. The second-order valence-electron chi connectivity index (χ2n) is 5.00. The summed E-state index contributed by atoms with van der Waals surface area (Å²) in [6.07, 6.45) is 4.92. The number of aryl methyl sites for hydroxylation is 1. The lowest BCUT2D eigenvalue weighted by molar-refractivity contribution is 0.0113. The van der Waals surface area contributed by atoms with Crippen LogP contribution in [-0.2, 0) is 22.6 Å². The van der Waals surface area contributed by atoms with Crippen LogP contribution < -0.4 is 5.32 Å². The maximum absolute atomic E-state index is 5.39. The summed E-state index contributed by atoms with van der Waals surface area (Å²) in [5.41, 5.74) is 1.10. The first-order chi connectivity index (χ1) is 8.57. The topological polar surface area (TPSA) is 48.3 Å². The molecule has 0 saturated heterocycles. The van der Waals surface area contributed by atoms with Crippen LogP contribution in [0.25, 0.3) is 0 Å². The van der Waals surface area contributed by atoms with Gasteiger partial charge in [-0.3, -0.25) is 4.68 Å². The molecule has 5 nitrogen and oxygen atoms in total. The highest BCUT2D eigenvalue weighted by molar-refractivity contribution is 5.03. The van der Waals surface area contributed by atoms with Gasteiger partial charge in [-0.2, -0.15) is 5.10 Å². The van der Waals surface area contributed by atoms with E-state index in [1.165, 1.54) is 5.56 Å². The fourth-order valence-corrected chi connectivity index (χ4v) is 1.51. The van der Waals surface area contributed by atoms with E-state index in [2.05, 4.69) is 30.5 Å². The summed E-state index contributed by atoms with van der Waals surface area (Å²) < 4.78 is 12.3. The summed E-state index contributed by atoms with van der Waals surface area (Å²) in [6, 6.07) is 0. The fourth-order valence-electron chi connectivity index (χ4n) is 1.51. The van der Waals surface area contributed by atoms with Crippen LogP contribution >= 0.6 is 0 Å². The highest BCUT2D eigenvalue weighted by Crippen LogP contribution is 2.13. The lowest BCUT2D eigenvalue weighted by Gasteiger charge is -2.22. The molecule has 0 spiro atoms. The lowest BCUT2D eigenvalue weighted by Crippen LogP contribution is -2.24. The molecule has 1 aromatic heterocycles. The number of ether oxygens (including phenoxy) is 2. The van der Waals surface area contributed by atoms with Crippen LogP contribution in [-0.4, -0.2) is 42.8 Å². The Balaban J connectivity index is 2.30. The molecule has 0 saturated carbocycles. The number of methoxy groups -OCH3 is 2. The molecule has 5 heteroatoms. The highest BCUT2D eigenvalue weighted by atomic mass is 16.5. The van der Waals surface area contributed by atoms with Crippen molar-refractivity contribution in [1.82, 2.24) is 15.1 Å². The number of aromatic nitrogens is 2. The number of hydrogen-bond acceptors (Lipinski definition) is 4. The van der Waals surface area contributed by atoms with Gasteiger partial charge in [-0.25, -0.2) is 0 Å². The Morgan fingerprint density at radius 3 is 2.83 bits per heavy atom. The van der Waals surface area contributed by atoms with Gasteiger partial charge in [0.1, 0.15) is 0 Å². The van der Waals surface area contributed by atoms with Crippen molar-refractivity contribution < 1.29 is 9.47 Å². The van der Waals surface area contributed by atoms with Crippen LogP contribution in [0.1, 0.15) is 25.8 Å². The van der Waals surface area contributed by atoms with E-state index in [1.807, 2.05) is 10.9 Å². The largest absolute Gasteiger partial charge is 0.383 e. The average Bonchev–Trinajstić information content (AvgIpc) is 2.80. The second-order valence-corrected chi connectivity index (χ2v) is 5.00. The molecule has 0 amide bonds. The van der Waals surface area contributed by atoms with Crippen molar-refractivity contribution in [2.24, 2.45) is 0 Å². The molecule has 1 aromatic rings. The highest BCUT2D eigenvalue weighted by Gasteiger charge is 2.16. The molecule has 0 aliphatic heterocycles. The van der Waals surface area contributed by atoms with Gasteiger partial charge < -0.3 is 14.8 Å². The number of rotatable bonds is 9. The zero-order valence-electron chi connectivity index (χ0n) is 11.9. The van der Waals surface area contributed by atoms with Crippen LogP contribution in [0.4, 0.5) is 0 Å². The van der Waals surface area contributed by atoms with Crippen LogP contribution in [0.5, 0.6) is 0 Å². The van der Waals surface area contributed by atoms with E-state index >= 15 is 0 Å². The Hall–Kier alpha value is -0.910. The van der Waals surface area contributed by atoms with Gasteiger partial charge in [-0.05, 0) is 20.3 Å². The van der Waals surface area contributed by atoms with Crippen LogP contribution in [0.15, 0.2) is 12.4 Å². The van der Waals surface area contributed by atoms with Crippen molar-refractivity contribution in [3.63, 3.8) is 0 Å². The van der Waals surface area contributed by atoms with Gasteiger partial charge in [-0.15, -0.1) is 0 Å².